The van der Waals surface area contributed by atoms with Crippen molar-refractivity contribution in [2.45, 2.75) is 63.1 Å². The maximum Gasteiger partial charge on any atom is 0.270 e. The number of carbonyl (C=O) groups excluding carboxylic acids is 2. The van der Waals surface area contributed by atoms with Gasteiger partial charge < -0.3 is 10.2 Å². The Morgan fingerprint density at radius 1 is 1.13 bits per heavy atom. The third kappa shape index (κ3) is 2.60. The zero-order valence-corrected chi connectivity index (χ0v) is 17.1. The molecule has 0 radical (unpaired) electrons. The molecule has 4 bridgehead atoms. The molecule has 30 heavy (non-hydrogen) atoms. The molecule has 0 aromatic carbocycles. The lowest BCUT2D eigenvalue weighted by Crippen LogP contribution is -2.69. The number of aryl methyl sites for hydroxylation is 1. The van der Waals surface area contributed by atoms with Gasteiger partial charge >= 0.3 is 0 Å². The van der Waals surface area contributed by atoms with Crippen LogP contribution in [0.4, 0.5) is 0 Å². The van der Waals surface area contributed by atoms with E-state index in [4.69, 9.17) is 0 Å². The van der Waals surface area contributed by atoms with E-state index < -0.39 is 0 Å². The molecule has 4 aliphatic carbocycles. The number of nitrogens with zero attached hydrogens (tertiary/aromatic N) is 4. The smallest absolute Gasteiger partial charge is 0.270 e. The largest absolute Gasteiger partial charge is 0.345 e. The Morgan fingerprint density at radius 3 is 2.67 bits per heavy atom. The summed E-state index contributed by atoms with van der Waals surface area (Å²) in [4.78, 5) is 41.3. The quantitative estimate of drug-likeness (QED) is 0.851. The fourth-order valence-electron chi connectivity index (χ4n) is 7.07. The zero-order chi connectivity index (χ0) is 20.5. The Balaban J connectivity index is 1.32. The van der Waals surface area contributed by atoms with Crippen molar-refractivity contribution in [2.75, 3.05) is 0 Å². The minimum atomic E-state index is -0.261. The minimum Gasteiger partial charge on any atom is -0.345 e. The molecule has 2 aromatic heterocycles. The number of rotatable bonds is 3. The third-order valence-electron chi connectivity index (χ3n) is 7.66. The summed E-state index contributed by atoms with van der Waals surface area (Å²) in [6.45, 7) is 2.38. The van der Waals surface area contributed by atoms with Gasteiger partial charge in [0.15, 0.2) is 0 Å². The minimum absolute atomic E-state index is 0.105. The number of hydrogen-bond donors (Lipinski definition) is 1. The standard InChI is InChI=1S/C23H25N5O2/c1-14-24-6-4-18(26-14)20(29)27-22-8-15-7-16(9-22)11-23(10-15,13-22)28-12-19-17(21(28)30)3-2-5-25-19/h2-6,15-16H,7-13H2,1H3,(H,27,29). The van der Waals surface area contributed by atoms with E-state index in [1.165, 1.54) is 6.42 Å². The summed E-state index contributed by atoms with van der Waals surface area (Å²) in [5.74, 6) is 1.66. The molecule has 1 aliphatic heterocycles. The molecule has 2 atom stereocenters. The molecule has 4 fully saturated rings. The van der Waals surface area contributed by atoms with Gasteiger partial charge in [-0.25, -0.2) is 9.97 Å². The van der Waals surface area contributed by atoms with Crippen molar-refractivity contribution < 1.29 is 9.59 Å². The van der Waals surface area contributed by atoms with Crippen molar-refractivity contribution in [3.05, 3.63) is 53.4 Å². The van der Waals surface area contributed by atoms with Crippen LogP contribution in [-0.2, 0) is 6.54 Å². The Bertz CT molecular complexity index is 1050. The van der Waals surface area contributed by atoms with Gasteiger partial charge in [-0.3, -0.25) is 14.6 Å². The molecule has 0 saturated heterocycles. The third-order valence-corrected chi connectivity index (χ3v) is 7.66. The molecule has 5 aliphatic rings. The van der Waals surface area contributed by atoms with Crippen molar-refractivity contribution in [2.24, 2.45) is 11.8 Å². The van der Waals surface area contributed by atoms with Crippen molar-refractivity contribution in [1.29, 1.82) is 0 Å². The Morgan fingerprint density at radius 2 is 1.93 bits per heavy atom. The number of aromatic nitrogens is 3. The van der Waals surface area contributed by atoms with Crippen LogP contribution >= 0.6 is 0 Å². The predicted octanol–water partition coefficient (Wildman–Crippen LogP) is 2.66. The number of nitrogens with one attached hydrogen (secondary N) is 1. The van der Waals surface area contributed by atoms with Crippen molar-refractivity contribution in [3.63, 3.8) is 0 Å². The van der Waals surface area contributed by atoms with Gasteiger partial charge in [-0.15, -0.1) is 0 Å². The van der Waals surface area contributed by atoms with E-state index in [2.05, 4.69) is 25.2 Å². The molecule has 2 aromatic rings. The van der Waals surface area contributed by atoms with Crippen molar-refractivity contribution in [1.82, 2.24) is 25.2 Å². The van der Waals surface area contributed by atoms with Crippen LogP contribution in [0.5, 0.6) is 0 Å². The van der Waals surface area contributed by atoms with Crippen LogP contribution in [-0.4, -0.2) is 42.7 Å². The lowest BCUT2D eigenvalue weighted by Gasteiger charge is -2.64. The highest BCUT2D eigenvalue weighted by Crippen LogP contribution is 2.60. The lowest BCUT2D eigenvalue weighted by atomic mass is 9.49. The highest BCUT2D eigenvalue weighted by molar-refractivity contribution is 5.98. The predicted molar refractivity (Wildman–Crippen MR) is 108 cm³/mol. The van der Waals surface area contributed by atoms with Gasteiger partial charge in [-0.05, 0) is 75.5 Å². The number of amides is 2. The maximum atomic E-state index is 13.3. The number of carbonyl (C=O) groups is 2. The van der Waals surface area contributed by atoms with Crippen LogP contribution in [0.1, 0.15) is 70.9 Å². The second kappa shape index (κ2) is 6.09. The Labute approximate surface area is 175 Å². The van der Waals surface area contributed by atoms with E-state index in [0.717, 1.165) is 43.4 Å². The Kier molecular flexibility index (Phi) is 3.65. The van der Waals surface area contributed by atoms with E-state index in [1.807, 2.05) is 12.1 Å². The average molecular weight is 403 g/mol. The molecule has 1 N–H and O–H groups in total. The fraction of sp³-hybridized carbons (Fsp3) is 0.522. The van der Waals surface area contributed by atoms with Gasteiger partial charge in [0.2, 0.25) is 0 Å². The second-order valence-corrected chi connectivity index (χ2v) is 9.80. The molecule has 2 amide bonds. The summed E-state index contributed by atoms with van der Waals surface area (Å²) in [6.07, 6.45) is 9.48. The van der Waals surface area contributed by atoms with Crippen molar-refractivity contribution >= 4 is 11.8 Å². The van der Waals surface area contributed by atoms with Crippen LogP contribution in [0, 0.1) is 18.8 Å². The van der Waals surface area contributed by atoms with Gasteiger partial charge in [0.25, 0.3) is 11.8 Å². The van der Waals surface area contributed by atoms with Crippen LogP contribution in [0.3, 0.4) is 0 Å². The SMILES string of the molecule is Cc1nccc(C(=O)NC23CC4CC(C2)CC(N2Cc5ncccc5C2=O)(C4)C3)n1. The zero-order valence-electron chi connectivity index (χ0n) is 17.1. The summed E-state index contributed by atoms with van der Waals surface area (Å²) in [6, 6.07) is 5.40. The number of pyridine rings is 1. The first-order chi connectivity index (χ1) is 14.5. The van der Waals surface area contributed by atoms with Crippen molar-refractivity contribution in [3.8, 4) is 0 Å². The molecule has 3 heterocycles. The summed E-state index contributed by atoms with van der Waals surface area (Å²) in [5, 5.41) is 3.37. The molecule has 4 saturated carbocycles. The molecular formula is C23H25N5O2. The van der Waals surface area contributed by atoms with Gasteiger partial charge in [-0.2, -0.15) is 0 Å². The molecule has 2 unspecified atom stereocenters. The van der Waals surface area contributed by atoms with Crippen LogP contribution in [0.2, 0.25) is 0 Å². The summed E-state index contributed by atoms with van der Waals surface area (Å²) < 4.78 is 0. The normalized spacial score (nSPS) is 33.6. The highest BCUT2D eigenvalue weighted by Gasteiger charge is 2.61. The van der Waals surface area contributed by atoms with E-state index >= 15 is 0 Å². The number of hydrogen-bond acceptors (Lipinski definition) is 5. The molecular weight excluding hydrogens is 378 g/mol. The summed E-state index contributed by atoms with van der Waals surface area (Å²) in [5.41, 5.74) is 1.59. The second-order valence-electron chi connectivity index (χ2n) is 9.80. The Hall–Kier alpha value is -2.83. The van der Waals surface area contributed by atoms with E-state index in [9.17, 15) is 9.59 Å². The van der Waals surface area contributed by atoms with Crippen LogP contribution in [0.15, 0.2) is 30.6 Å². The van der Waals surface area contributed by atoms with E-state index in [-0.39, 0.29) is 22.9 Å². The molecule has 7 rings (SSSR count). The van der Waals surface area contributed by atoms with Gasteiger partial charge in [-0.1, -0.05) is 0 Å². The van der Waals surface area contributed by atoms with E-state index in [1.54, 1.807) is 25.4 Å². The van der Waals surface area contributed by atoms with Gasteiger partial charge in [0.1, 0.15) is 11.5 Å². The first-order valence-corrected chi connectivity index (χ1v) is 10.8. The number of fused-ring (bicyclic) bond motifs is 1. The molecule has 7 heteroatoms. The van der Waals surface area contributed by atoms with Gasteiger partial charge in [0, 0.05) is 23.5 Å². The maximum absolute atomic E-state index is 13.3. The van der Waals surface area contributed by atoms with Crippen LogP contribution in [0.25, 0.3) is 0 Å². The van der Waals surface area contributed by atoms with E-state index in [0.29, 0.717) is 29.9 Å². The molecule has 154 valence electrons. The summed E-state index contributed by atoms with van der Waals surface area (Å²) >= 11 is 0. The monoisotopic (exact) mass is 403 g/mol. The molecule has 0 spiro atoms. The van der Waals surface area contributed by atoms with Crippen LogP contribution < -0.4 is 5.32 Å². The summed E-state index contributed by atoms with van der Waals surface area (Å²) in [7, 11) is 0. The average Bonchev–Trinajstić information content (AvgIpc) is 3.04. The first kappa shape index (κ1) is 18.0. The topological polar surface area (TPSA) is 88.1 Å². The van der Waals surface area contributed by atoms with Gasteiger partial charge in [0.05, 0.1) is 17.8 Å². The first-order valence-electron chi connectivity index (χ1n) is 10.8. The lowest BCUT2D eigenvalue weighted by molar-refractivity contribution is -0.0940. The fourth-order valence-corrected chi connectivity index (χ4v) is 7.07. The molecule has 7 nitrogen and oxygen atoms in total. The highest BCUT2D eigenvalue weighted by atomic mass is 16.2.